The molecule has 106 valence electrons. The smallest absolute Gasteiger partial charge is 0.336 e. The van der Waals surface area contributed by atoms with Crippen LogP contribution in [0.2, 0.25) is 0 Å². The highest BCUT2D eigenvalue weighted by Crippen LogP contribution is 2.17. The van der Waals surface area contributed by atoms with Gasteiger partial charge in [0.2, 0.25) is 0 Å². The van der Waals surface area contributed by atoms with Gasteiger partial charge in [0.1, 0.15) is 11.5 Å². The third kappa shape index (κ3) is 4.04. The van der Waals surface area contributed by atoms with Gasteiger partial charge in [-0.05, 0) is 35.9 Å². The highest BCUT2D eigenvalue weighted by atomic mass is 16.5. The summed E-state index contributed by atoms with van der Waals surface area (Å²) in [6.07, 6.45) is 3.57. The fourth-order valence-electron chi connectivity index (χ4n) is 1.72. The summed E-state index contributed by atoms with van der Waals surface area (Å²) in [7, 11) is 1.58. The van der Waals surface area contributed by atoms with E-state index in [-0.39, 0.29) is 5.75 Å². The van der Waals surface area contributed by atoms with Crippen LogP contribution in [0.3, 0.4) is 0 Å². The zero-order valence-corrected chi connectivity index (χ0v) is 11.5. The zero-order valence-electron chi connectivity index (χ0n) is 11.5. The number of hydrogen-bond donors (Lipinski definition) is 0. The molecule has 21 heavy (non-hydrogen) atoms. The van der Waals surface area contributed by atoms with E-state index in [1.54, 1.807) is 43.5 Å². The van der Waals surface area contributed by atoms with Crippen LogP contribution in [0, 0.1) is 0 Å². The topological polar surface area (TPSA) is 52.6 Å². The fourth-order valence-corrected chi connectivity index (χ4v) is 1.72. The molecule has 0 heterocycles. The maximum atomic E-state index is 11.8. The summed E-state index contributed by atoms with van der Waals surface area (Å²) in [5.74, 6) is 0.400. The summed E-state index contributed by atoms with van der Waals surface area (Å²) in [6, 6.07) is 13.8. The minimum atomic E-state index is -0.549. The molecule has 0 spiro atoms. The van der Waals surface area contributed by atoms with Crippen molar-refractivity contribution in [1.82, 2.24) is 0 Å². The lowest BCUT2D eigenvalue weighted by atomic mass is 10.2. The molecule has 0 N–H and O–H groups in total. The normalized spacial score (nSPS) is 10.3. The van der Waals surface area contributed by atoms with Crippen molar-refractivity contribution in [3.05, 3.63) is 65.7 Å². The van der Waals surface area contributed by atoms with Crippen LogP contribution in [-0.4, -0.2) is 19.4 Å². The van der Waals surface area contributed by atoms with Crippen molar-refractivity contribution in [2.24, 2.45) is 0 Å². The summed E-state index contributed by atoms with van der Waals surface area (Å²) in [6.45, 7) is 0. The van der Waals surface area contributed by atoms with Gasteiger partial charge in [-0.15, -0.1) is 0 Å². The molecular weight excluding hydrogens is 268 g/mol. The van der Waals surface area contributed by atoms with Gasteiger partial charge < -0.3 is 9.47 Å². The van der Waals surface area contributed by atoms with Crippen LogP contribution in [0.25, 0.3) is 6.08 Å². The van der Waals surface area contributed by atoms with Crippen molar-refractivity contribution in [2.45, 2.75) is 0 Å². The van der Waals surface area contributed by atoms with E-state index in [1.165, 1.54) is 6.08 Å². The van der Waals surface area contributed by atoms with Gasteiger partial charge in [-0.3, -0.25) is 4.79 Å². The Hall–Kier alpha value is -2.88. The second-order valence-electron chi connectivity index (χ2n) is 4.19. The third-order valence-corrected chi connectivity index (χ3v) is 2.76. The first kappa shape index (κ1) is 14.5. The summed E-state index contributed by atoms with van der Waals surface area (Å²) in [4.78, 5) is 22.6. The number of ether oxygens (including phenoxy) is 2. The summed E-state index contributed by atoms with van der Waals surface area (Å²) >= 11 is 0. The third-order valence-electron chi connectivity index (χ3n) is 2.76. The molecule has 0 amide bonds. The van der Waals surface area contributed by atoms with E-state index >= 15 is 0 Å². The number of para-hydroxylation sites is 1. The molecule has 0 aromatic heterocycles. The van der Waals surface area contributed by atoms with E-state index in [2.05, 4.69) is 0 Å². The lowest BCUT2D eigenvalue weighted by Gasteiger charge is -2.03. The number of carbonyl (C=O) groups is 2. The molecule has 4 heteroatoms. The first-order chi connectivity index (χ1) is 10.2. The number of rotatable bonds is 5. The average Bonchev–Trinajstić information content (AvgIpc) is 2.53. The fraction of sp³-hybridized carbons (Fsp3) is 0.0588. The van der Waals surface area contributed by atoms with Gasteiger partial charge in [-0.2, -0.15) is 0 Å². The quantitative estimate of drug-likeness (QED) is 0.366. The number of aldehydes is 1. The van der Waals surface area contributed by atoms with E-state index in [1.807, 2.05) is 18.2 Å². The van der Waals surface area contributed by atoms with E-state index < -0.39 is 5.97 Å². The van der Waals surface area contributed by atoms with Gasteiger partial charge in [0.05, 0.1) is 12.7 Å². The van der Waals surface area contributed by atoms with Gasteiger partial charge in [0.25, 0.3) is 0 Å². The maximum Gasteiger partial charge on any atom is 0.336 e. The molecule has 0 saturated heterocycles. The summed E-state index contributed by atoms with van der Waals surface area (Å²) in [5.41, 5.74) is 1.15. The molecule has 4 nitrogen and oxygen atoms in total. The van der Waals surface area contributed by atoms with Crippen LogP contribution >= 0.6 is 0 Å². The number of carbonyl (C=O) groups excluding carboxylic acids is 2. The Balaban J connectivity index is 2.07. The van der Waals surface area contributed by atoms with Crippen LogP contribution in [0.15, 0.2) is 54.6 Å². The molecule has 0 bridgehead atoms. The second-order valence-corrected chi connectivity index (χ2v) is 4.19. The van der Waals surface area contributed by atoms with E-state index in [0.29, 0.717) is 17.6 Å². The molecule has 2 aromatic rings. The Kier molecular flexibility index (Phi) is 4.88. The Bertz CT molecular complexity index is 674. The van der Waals surface area contributed by atoms with Gasteiger partial charge in [-0.25, -0.2) is 4.79 Å². The van der Waals surface area contributed by atoms with Crippen LogP contribution in [-0.2, 0) is 4.79 Å². The van der Waals surface area contributed by atoms with Crippen molar-refractivity contribution in [1.29, 1.82) is 0 Å². The Morgan fingerprint density at radius 1 is 1.10 bits per heavy atom. The van der Waals surface area contributed by atoms with Crippen LogP contribution in [0.5, 0.6) is 11.5 Å². The van der Waals surface area contributed by atoms with Crippen LogP contribution in [0.4, 0.5) is 0 Å². The largest absolute Gasteiger partial charge is 0.497 e. The van der Waals surface area contributed by atoms with Crippen molar-refractivity contribution in [2.75, 3.05) is 7.11 Å². The average molecular weight is 282 g/mol. The van der Waals surface area contributed by atoms with Crippen molar-refractivity contribution < 1.29 is 19.1 Å². The highest BCUT2D eigenvalue weighted by molar-refractivity contribution is 5.90. The minimum absolute atomic E-state index is 0.243. The number of benzene rings is 2. The van der Waals surface area contributed by atoms with Crippen molar-refractivity contribution >= 4 is 18.3 Å². The monoisotopic (exact) mass is 282 g/mol. The van der Waals surface area contributed by atoms with Crippen molar-refractivity contribution in [3.8, 4) is 11.5 Å². The molecule has 0 fully saturated rings. The van der Waals surface area contributed by atoms with Crippen LogP contribution < -0.4 is 9.47 Å². The number of esters is 1. The maximum absolute atomic E-state index is 11.8. The Labute approximate surface area is 122 Å². The molecule has 2 aromatic carbocycles. The van der Waals surface area contributed by atoms with E-state index in [9.17, 15) is 9.59 Å². The number of hydrogen-bond acceptors (Lipinski definition) is 4. The molecule has 0 aliphatic rings. The molecule has 2 rings (SSSR count). The second kappa shape index (κ2) is 7.05. The molecule has 0 unspecified atom stereocenters. The lowest BCUT2D eigenvalue weighted by molar-refractivity contribution is -0.128. The number of methoxy groups -OCH3 is 1. The van der Waals surface area contributed by atoms with Gasteiger partial charge in [0.15, 0.2) is 6.29 Å². The lowest BCUT2D eigenvalue weighted by Crippen LogP contribution is -2.05. The highest BCUT2D eigenvalue weighted by Gasteiger charge is 2.05. The van der Waals surface area contributed by atoms with E-state index in [4.69, 9.17) is 9.47 Å². The molecule has 0 atom stereocenters. The first-order valence-corrected chi connectivity index (χ1v) is 6.31. The molecule has 0 aliphatic carbocycles. The Morgan fingerprint density at radius 3 is 2.67 bits per heavy atom. The van der Waals surface area contributed by atoms with Crippen LogP contribution in [0.1, 0.15) is 15.9 Å². The standard InChI is InChI=1S/C17H14O4/c1-20-15-7-4-5-13(11-15)9-10-17(19)21-16-8-3-2-6-14(16)12-18/h2-12H,1H3/b10-9+. The summed E-state index contributed by atoms with van der Waals surface area (Å²) in [5, 5.41) is 0. The predicted molar refractivity (Wildman–Crippen MR) is 79.5 cm³/mol. The summed E-state index contributed by atoms with van der Waals surface area (Å²) < 4.78 is 10.2. The molecule has 0 aliphatic heterocycles. The molecule has 0 radical (unpaired) electrons. The molecule has 0 saturated carbocycles. The van der Waals surface area contributed by atoms with Gasteiger partial charge in [0, 0.05) is 6.08 Å². The predicted octanol–water partition coefficient (Wildman–Crippen LogP) is 3.13. The zero-order chi connectivity index (χ0) is 15.1. The van der Waals surface area contributed by atoms with Gasteiger partial charge >= 0.3 is 5.97 Å². The van der Waals surface area contributed by atoms with Crippen molar-refractivity contribution in [3.63, 3.8) is 0 Å². The SMILES string of the molecule is COc1cccc(/C=C/C(=O)Oc2ccccc2C=O)c1. The first-order valence-electron chi connectivity index (χ1n) is 6.31. The Morgan fingerprint density at radius 2 is 1.90 bits per heavy atom. The molecular formula is C17H14O4. The minimum Gasteiger partial charge on any atom is -0.497 e. The van der Waals surface area contributed by atoms with E-state index in [0.717, 1.165) is 5.56 Å². The van der Waals surface area contributed by atoms with Gasteiger partial charge in [-0.1, -0.05) is 24.3 Å².